The second kappa shape index (κ2) is 5.80. The van der Waals surface area contributed by atoms with Crippen molar-refractivity contribution in [3.8, 4) is 5.75 Å². The van der Waals surface area contributed by atoms with Gasteiger partial charge in [0.25, 0.3) is 0 Å². The molecule has 1 saturated heterocycles. The van der Waals surface area contributed by atoms with Crippen LogP contribution in [0.15, 0.2) is 24.3 Å². The van der Waals surface area contributed by atoms with E-state index in [0.717, 1.165) is 11.3 Å². The van der Waals surface area contributed by atoms with Gasteiger partial charge in [-0.05, 0) is 6.07 Å². The molecule has 2 rings (SSSR count). The summed E-state index contributed by atoms with van der Waals surface area (Å²) in [6, 6.07) is 7.53. The van der Waals surface area contributed by atoms with E-state index in [0.29, 0.717) is 26.1 Å². The minimum absolute atomic E-state index is 0.0985. The highest BCUT2D eigenvalue weighted by Gasteiger charge is 2.20. The van der Waals surface area contributed by atoms with Gasteiger partial charge in [0.1, 0.15) is 11.5 Å². The molecule has 4 heteroatoms. The fraction of sp³-hybridized carbons (Fsp3) is 0.462. The average Bonchev–Trinajstić information content (AvgIpc) is 2.82. The number of methoxy groups -OCH3 is 1. The summed E-state index contributed by atoms with van der Waals surface area (Å²) in [4.78, 5) is 11.8. The Hall–Kier alpha value is -1.39. The number of hydrogen-bond acceptors (Lipinski definition) is 4. The summed E-state index contributed by atoms with van der Waals surface area (Å²) in [6.45, 7) is 1.15. The molecule has 0 bridgehead atoms. The normalized spacial score (nSPS) is 16.1. The van der Waals surface area contributed by atoms with Gasteiger partial charge in [0.05, 0.1) is 26.7 Å². The lowest BCUT2D eigenvalue weighted by molar-refractivity contribution is -0.126. The van der Waals surface area contributed by atoms with Crippen molar-refractivity contribution in [1.82, 2.24) is 0 Å². The SMILES string of the molecule is COc1ccccc1CC(=O)CC1OCCO1. The Labute approximate surface area is 100 Å². The Kier molecular flexibility index (Phi) is 4.12. The Morgan fingerprint density at radius 2 is 2.06 bits per heavy atom. The Balaban J connectivity index is 1.92. The van der Waals surface area contributed by atoms with Gasteiger partial charge < -0.3 is 14.2 Å². The van der Waals surface area contributed by atoms with Crippen molar-refractivity contribution in [3.05, 3.63) is 29.8 Å². The van der Waals surface area contributed by atoms with Crippen LogP contribution < -0.4 is 4.74 Å². The van der Waals surface area contributed by atoms with Crippen LogP contribution in [-0.2, 0) is 20.7 Å². The molecule has 1 aliphatic rings. The van der Waals surface area contributed by atoms with Gasteiger partial charge in [-0.3, -0.25) is 4.79 Å². The highest BCUT2D eigenvalue weighted by atomic mass is 16.7. The first-order chi connectivity index (χ1) is 8.29. The standard InChI is InChI=1S/C13H16O4/c1-15-12-5-3-2-4-10(12)8-11(14)9-13-16-6-7-17-13/h2-5,13H,6-9H2,1H3. The van der Waals surface area contributed by atoms with E-state index in [2.05, 4.69) is 0 Å². The summed E-state index contributed by atoms with van der Waals surface area (Å²) in [5.41, 5.74) is 0.901. The van der Waals surface area contributed by atoms with E-state index in [4.69, 9.17) is 14.2 Å². The number of benzene rings is 1. The summed E-state index contributed by atoms with van der Waals surface area (Å²) in [5, 5.41) is 0. The van der Waals surface area contributed by atoms with Gasteiger partial charge in [-0.1, -0.05) is 18.2 Å². The monoisotopic (exact) mass is 236 g/mol. The highest BCUT2D eigenvalue weighted by molar-refractivity contribution is 5.81. The van der Waals surface area contributed by atoms with Crippen LogP contribution in [0.1, 0.15) is 12.0 Å². The van der Waals surface area contributed by atoms with Crippen LogP contribution in [0.5, 0.6) is 5.75 Å². The molecule has 17 heavy (non-hydrogen) atoms. The van der Waals surface area contributed by atoms with Crippen molar-refractivity contribution in [3.63, 3.8) is 0 Å². The van der Waals surface area contributed by atoms with Gasteiger partial charge in [-0.2, -0.15) is 0 Å². The number of carbonyl (C=O) groups excluding carboxylic acids is 1. The molecule has 1 heterocycles. The van der Waals surface area contributed by atoms with Gasteiger partial charge >= 0.3 is 0 Å². The Morgan fingerprint density at radius 1 is 1.35 bits per heavy atom. The molecule has 0 amide bonds. The second-order valence-corrected chi connectivity index (χ2v) is 3.90. The molecular weight excluding hydrogens is 220 g/mol. The first kappa shape index (κ1) is 12.1. The van der Waals surface area contributed by atoms with Crippen LogP contribution >= 0.6 is 0 Å². The third-order valence-electron chi connectivity index (χ3n) is 2.67. The molecule has 0 aliphatic carbocycles. The van der Waals surface area contributed by atoms with E-state index >= 15 is 0 Å². The summed E-state index contributed by atoms with van der Waals surface area (Å²) in [6.07, 6.45) is 0.294. The van der Waals surface area contributed by atoms with Gasteiger partial charge in [-0.25, -0.2) is 0 Å². The van der Waals surface area contributed by atoms with Crippen molar-refractivity contribution >= 4 is 5.78 Å². The lowest BCUT2D eigenvalue weighted by Gasteiger charge is -2.10. The third kappa shape index (κ3) is 3.28. The van der Waals surface area contributed by atoms with Crippen molar-refractivity contribution in [2.24, 2.45) is 0 Å². The average molecular weight is 236 g/mol. The molecule has 0 saturated carbocycles. The summed E-state index contributed by atoms with van der Waals surface area (Å²) in [5.74, 6) is 0.843. The number of hydrogen-bond donors (Lipinski definition) is 0. The van der Waals surface area contributed by atoms with Crippen molar-refractivity contribution < 1.29 is 19.0 Å². The molecule has 0 radical (unpaired) electrons. The maximum atomic E-state index is 11.8. The molecule has 0 N–H and O–H groups in total. The Morgan fingerprint density at radius 3 is 2.76 bits per heavy atom. The van der Waals surface area contributed by atoms with Gasteiger partial charge in [-0.15, -0.1) is 0 Å². The van der Waals surface area contributed by atoms with E-state index < -0.39 is 0 Å². The first-order valence-corrected chi connectivity index (χ1v) is 5.66. The van der Waals surface area contributed by atoms with E-state index in [1.165, 1.54) is 0 Å². The van der Waals surface area contributed by atoms with Gasteiger partial charge in [0.15, 0.2) is 6.29 Å². The zero-order valence-electron chi connectivity index (χ0n) is 9.85. The molecular formula is C13H16O4. The van der Waals surface area contributed by atoms with Crippen molar-refractivity contribution in [2.75, 3.05) is 20.3 Å². The summed E-state index contributed by atoms with van der Waals surface area (Å²) >= 11 is 0. The highest BCUT2D eigenvalue weighted by Crippen LogP contribution is 2.19. The quantitative estimate of drug-likeness (QED) is 0.778. The van der Waals surface area contributed by atoms with E-state index in [1.807, 2.05) is 24.3 Å². The second-order valence-electron chi connectivity index (χ2n) is 3.90. The molecule has 1 aliphatic heterocycles. The number of rotatable bonds is 5. The Bertz CT molecular complexity index is 383. The van der Waals surface area contributed by atoms with Crippen LogP contribution in [0.4, 0.5) is 0 Å². The smallest absolute Gasteiger partial charge is 0.164 e. The number of carbonyl (C=O) groups is 1. The van der Waals surface area contributed by atoms with Crippen molar-refractivity contribution in [1.29, 1.82) is 0 Å². The molecule has 1 fully saturated rings. The molecule has 0 unspecified atom stereocenters. The zero-order valence-corrected chi connectivity index (χ0v) is 9.85. The van der Waals surface area contributed by atoms with E-state index in [1.54, 1.807) is 7.11 Å². The number of ether oxygens (including phenoxy) is 3. The minimum atomic E-state index is -0.364. The van der Waals surface area contributed by atoms with Crippen LogP contribution in [0, 0.1) is 0 Å². The summed E-state index contributed by atoms with van der Waals surface area (Å²) < 4.78 is 15.7. The molecule has 92 valence electrons. The largest absolute Gasteiger partial charge is 0.496 e. The predicted octanol–water partition coefficient (Wildman–Crippen LogP) is 1.57. The maximum Gasteiger partial charge on any atom is 0.164 e. The molecule has 0 atom stereocenters. The lowest BCUT2D eigenvalue weighted by atomic mass is 10.1. The topological polar surface area (TPSA) is 44.8 Å². The van der Waals surface area contributed by atoms with Crippen LogP contribution in [0.25, 0.3) is 0 Å². The fourth-order valence-corrected chi connectivity index (χ4v) is 1.84. The first-order valence-electron chi connectivity index (χ1n) is 5.66. The van der Waals surface area contributed by atoms with Crippen molar-refractivity contribution in [2.45, 2.75) is 19.1 Å². The molecule has 1 aromatic carbocycles. The van der Waals surface area contributed by atoms with Crippen LogP contribution in [0.2, 0.25) is 0 Å². The minimum Gasteiger partial charge on any atom is -0.496 e. The lowest BCUT2D eigenvalue weighted by Crippen LogP contribution is -2.16. The van der Waals surface area contributed by atoms with E-state index in [-0.39, 0.29) is 12.1 Å². The molecule has 0 aromatic heterocycles. The van der Waals surface area contributed by atoms with Crippen LogP contribution in [0.3, 0.4) is 0 Å². The number of para-hydroxylation sites is 1. The van der Waals surface area contributed by atoms with Crippen LogP contribution in [-0.4, -0.2) is 32.4 Å². The van der Waals surface area contributed by atoms with E-state index in [9.17, 15) is 4.79 Å². The molecule has 4 nitrogen and oxygen atoms in total. The third-order valence-corrected chi connectivity index (χ3v) is 2.67. The number of ketones is 1. The van der Waals surface area contributed by atoms with Gasteiger partial charge in [0, 0.05) is 12.0 Å². The number of Topliss-reactive ketones (excluding diaryl/α,β-unsaturated/α-hetero) is 1. The predicted molar refractivity (Wildman–Crippen MR) is 62.0 cm³/mol. The maximum absolute atomic E-state index is 11.8. The summed E-state index contributed by atoms with van der Waals surface area (Å²) in [7, 11) is 1.60. The fourth-order valence-electron chi connectivity index (χ4n) is 1.84. The van der Waals surface area contributed by atoms with Gasteiger partial charge in [0.2, 0.25) is 0 Å². The molecule has 0 spiro atoms. The zero-order chi connectivity index (χ0) is 12.1. The molecule has 1 aromatic rings.